The molecule has 83 heavy (non-hydrogen) atoms. The van der Waals surface area contributed by atoms with Crippen LogP contribution in [-0.4, -0.2) is 13.4 Å². The summed E-state index contributed by atoms with van der Waals surface area (Å²) in [4.78, 5) is 2.34. The van der Waals surface area contributed by atoms with Crippen molar-refractivity contribution in [3.05, 3.63) is 344 Å². The molecule has 2 nitrogen and oxygen atoms in total. The minimum atomic E-state index is -0.819. The Bertz CT molecular complexity index is 4480. The first kappa shape index (κ1) is 48.5. The maximum Gasteiger partial charge on any atom is 0.251 e. The number of benzene rings is 13. The van der Waals surface area contributed by atoms with Gasteiger partial charge in [0.25, 0.3) is 6.71 Å². The van der Waals surface area contributed by atoms with E-state index in [0.29, 0.717) is 0 Å². The number of hydrogen-bond donors (Lipinski definition) is 0. The maximum atomic E-state index is 7.14. The number of rotatable bonds is 9. The molecule has 0 aliphatic carbocycles. The monoisotopic (exact) mass is 1050 g/mol. The number of anilines is 3. The van der Waals surface area contributed by atoms with Gasteiger partial charge in [-0.1, -0.05) is 289 Å². The second kappa shape index (κ2) is 20.0. The summed E-state index contributed by atoms with van der Waals surface area (Å²) in [7, 11) is 0. The van der Waals surface area contributed by atoms with Crippen molar-refractivity contribution in [2.75, 3.05) is 4.90 Å². The average Bonchev–Trinajstić information content (AvgIpc) is 0.903. The van der Waals surface area contributed by atoms with Crippen LogP contribution in [0.25, 0.3) is 55.6 Å². The van der Waals surface area contributed by atoms with E-state index < -0.39 is 5.41 Å². The molecule has 0 fully saturated rings. The van der Waals surface area contributed by atoms with E-state index >= 15 is 0 Å². The van der Waals surface area contributed by atoms with Gasteiger partial charge >= 0.3 is 0 Å². The van der Waals surface area contributed by atoms with Gasteiger partial charge in [-0.25, -0.2) is 0 Å². The van der Waals surface area contributed by atoms with Gasteiger partial charge in [-0.15, -0.1) is 0 Å². The third-order valence-electron chi connectivity index (χ3n) is 17.7. The number of para-hydroxylation sites is 3. The molecule has 0 radical (unpaired) electrons. The fourth-order valence-electron chi connectivity index (χ4n) is 14.1. The Morgan fingerprint density at radius 3 is 1.20 bits per heavy atom. The second-order valence-corrected chi connectivity index (χ2v) is 22.2. The van der Waals surface area contributed by atoms with Crippen molar-refractivity contribution in [3.63, 3.8) is 0 Å². The van der Waals surface area contributed by atoms with Crippen LogP contribution in [0.1, 0.15) is 22.3 Å². The van der Waals surface area contributed by atoms with Crippen molar-refractivity contribution in [2.24, 2.45) is 0 Å². The standard InChI is InChI=1S/C79H53B2NO/c1-7-22-54(23-8-1)59-41-46-72-70(51-59)79(68-45-40-61(55-24-9-2-10-25-55)53-75(68)81-74-35-19-20-36-76(74)83-77-37-21-34-69(79)78(77)81)71-52-60(58-38-43-67(44-39-58)82(65-30-15-5-16-31-65)66-32-17-6-18-33-66)42-47-73(71)80(72)64-49-62(56-26-11-3-12-27-56)48-63(50-64)57-28-13-4-14-29-57/h1-53H. The molecule has 0 amide bonds. The minimum Gasteiger partial charge on any atom is -0.458 e. The molecule has 0 saturated heterocycles. The lowest BCUT2D eigenvalue weighted by Crippen LogP contribution is -2.68. The van der Waals surface area contributed by atoms with Crippen LogP contribution in [0.15, 0.2) is 322 Å². The molecule has 0 saturated carbocycles. The third kappa shape index (κ3) is 8.05. The fourth-order valence-corrected chi connectivity index (χ4v) is 14.1. The van der Waals surface area contributed by atoms with Crippen LogP contribution < -0.4 is 42.4 Å². The first-order valence-electron chi connectivity index (χ1n) is 28.9. The van der Waals surface area contributed by atoms with Gasteiger partial charge in [0.2, 0.25) is 6.71 Å². The summed E-state index contributed by atoms with van der Waals surface area (Å²) in [5.74, 6) is 1.81. The zero-order chi connectivity index (χ0) is 54.8. The summed E-state index contributed by atoms with van der Waals surface area (Å²) in [5.41, 5.74) is 26.9. The molecule has 16 rings (SSSR count). The predicted molar refractivity (Wildman–Crippen MR) is 349 cm³/mol. The van der Waals surface area contributed by atoms with E-state index in [1.807, 2.05) is 0 Å². The molecule has 3 aliphatic rings. The number of fused-ring (bicyclic) bond motifs is 10. The van der Waals surface area contributed by atoms with Crippen LogP contribution in [0.3, 0.4) is 0 Å². The molecule has 0 N–H and O–H groups in total. The summed E-state index contributed by atoms with van der Waals surface area (Å²) >= 11 is 0. The number of nitrogens with zero attached hydrogens (tertiary/aromatic N) is 1. The molecule has 4 heteroatoms. The predicted octanol–water partition coefficient (Wildman–Crippen LogP) is 15.6. The Labute approximate surface area is 486 Å². The van der Waals surface area contributed by atoms with Gasteiger partial charge in [0.1, 0.15) is 11.5 Å². The van der Waals surface area contributed by atoms with Crippen LogP contribution in [0, 0.1) is 0 Å². The normalized spacial score (nSPS) is 14.1. The first-order valence-corrected chi connectivity index (χ1v) is 28.9. The Morgan fingerprint density at radius 1 is 0.241 bits per heavy atom. The smallest absolute Gasteiger partial charge is 0.251 e. The fraction of sp³-hybridized carbons (Fsp3) is 0.0127. The number of hydrogen-bond acceptors (Lipinski definition) is 2. The summed E-state index contributed by atoms with van der Waals surface area (Å²) < 4.78 is 7.14. The van der Waals surface area contributed by atoms with Crippen molar-refractivity contribution in [1.82, 2.24) is 0 Å². The summed E-state index contributed by atoms with van der Waals surface area (Å²) in [5, 5.41) is 0. The van der Waals surface area contributed by atoms with Gasteiger partial charge in [0.15, 0.2) is 0 Å². The topological polar surface area (TPSA) is 12.5 Å². The van der Waals surface area contributed by atoms with Gasteiger partial charge in [0, 0.05) is 17.1 Å². The van der Waals surface area contributed by atoms with E-state index in [4.69, 9.17) is 4.74 Å². The zero-order valence-corrected chi connectivity index (χ0v) is 45.6. The SMILES string of the molecule is c1ccc(-c2cc(B3c4ccc(-c5ccccc5)cc4C4(c5cc(-c6ccc(N(c7ccccc7)c7ccccc7)cc6)ccc53)c3ccc(-c5ccccc5)cc3B3c5ccccc5Oc5cccc4c53)cc(-c3ccccc3)c2)cc1. The lowest BCUT2D eigenvalue weighted by molar-refractivity contribution is 0.486. The Hall–Kier alpha value is -10.4. The molecular weight excluding hydrogens is 1000 g/mol. The molecule has 0 bridgehead atoms. The van der Waals surface area contributed by atoms with E-state index in [1.165, 1.54) is 99.5 Å². The van der Waals surface area contributed by atoms with E-state index in [0.717, 1.165) is 39.7 Å². The molecule has 386 valence electrons. The number of ether oxygens (including phenoxy) is 1. The van der Waals surface area contributed by atoms with Crippen LogP contribution in [-0.2, 0) is 5.41 Å². The third-order valence-corrected chi connectivity index (χ3v) is 17.7. The van der Waals surface area contributed by atoms with E-state index in [9.17, 15) is 0 Å². The highest BCUT2D eigenvalue weighted by molar-refractivity contribution is 6.99. The molecule has 1 spiro atoms. The largest absolute Gasteiger partial charge is 0.458 e. The average molecular weight is 1050 g/mol. The van der Waals surface area contributed by atoms with Crippen molar-refractivity contribution in [1.29, 1.82) is 0 Å². The lowest BCUT2D eigenvalue weighted by atomic mass is 9.26. The summed E-state index contributed by atoms with van der Waals surface area (Å²) in [6, 6.07) is 119. The van der Waals surface area contributed by atoms with Crippen LogP contribution in [0.4, 0.5) is 17.1 Å². The van der Waals surface area contributed by atoms with Crippen molar-refractivity contribution in [3.8, 4) is 67.1 Å². The van der Waals surface area contributed by atoms with Crippen molar-refractivity contribution < 1.29 is 4.74 Å². The molecule has 13 aromatic carbocycles. The van der Waals surface area contributed by atoms with Gasteiger partial charge in [-0.2, -0.15) is 0 Å². The van der Waals surface area contributed by atoms with Crippen LogP contribution in [0.5, 0.6) is 11.5 Å². The Balaban J connectivity index is 1.01. The highest BCUT2D eigenvalue weighted by Gasteiger charge is 2.55. The van der Waals surface area contributed by atoms with Crippen LogP contribution >= 0.6 is 0 Å². The quantitative estimate of drug-likeness (QED) is 0.134. The zero-order valence-electron chi connectivity index (χ0n) is 45.6. The molecular formula is C79H53B2NO. The molecule has 3 heterocycles. The lowest BCUT2D eigenvalue weighted by Gasteiger charge is -2.50. The van der Waals surface area contributed by atoms with E-state index in [1.54, 1.807) is 0 Å². The van der Waals surface area contributed by atoms with Gasteiger partial charge in [0.05, 0.1) is 5.41 Å². The van der Waals surface area contributed by atoms with Gasteiger partial charge < -0.3 is 9.64 Å². The highest BCUT2D eigenvalue weighted by atomic mass is 16.5. The van der Waals surface area contributed by atoms with Crippen LogP contribution in [0.2, 0.25) is 0 Å². The molecule has 13 aromatic rings. The van der Waals surface area contributed by atoms with Gasteiger partial charge in [-0.3, -0.25) is 0 Å². The summed E-state index contributed by atoms with van der Waals surface area (Å²) in [6.07, 6.45) is 0. The van der Waals surface area contributed by atoms with E-state index in [-0.39, 0.29) is 13.4 Å². The second-order valence-electron chi connectivity index (χ2n) is 22.2. The Kier molecular flexibility index (Phi) is 11.7. The molecule has 0 aromatic heterocycles. The van der Waals surface area contributed by atoms with Crippen molar-refractivity contribution >= 4 is 63.3 Å². The summed E-state index contributed by atoms with van der Waals surface area (Å²) in [6.45, 7) is -0.231. The first-order chi connectivity index (χ1) is 41.2. The Morgan fingerprint density at radius 2 is 0.663 bits per heavy atom. The molecule has 3 aliphatic heterocycles. The minimum absolute atomic E-state index is 0.0822. The van der Waals surface area contributed by atoms with E-state index in [2.05, 4.69) is 326 Å². The molecule has 1 atom stereocenters. The highest BCUT2D eigenvalue weighted by Crippen LogP contribution is 2.51. The maximum absolute atomic E-state index is 7.14. The van der Waals surface area contributed by atoms with Gasteiger partial charge in [-0.05, 0) is 143 Å². The van der Waals surface area contributed by atoms with Crippen molar-refractivity contribution in [2.45, 2.75) is 5.41 Å². The molecule has 1 unspecified atom stereocenters.